The van der Waals surface area contributed by atoms with Gasteiger partial charge >= 0.3 is 0 Å². The summed E-state index contributed by atoms with van der Waals surface area (Å²) in [6, 6.07) is 9.95. The summed E-state index contributed by atoms with van der Waals surface area (Å²) in [6.07, 6.45) is 4.69. The van der Waals surface area contributed by atoms with E-state index >= 15 is 0 Å². The highest BCUT2D eigenvalue weighted by Gasteiger charge is 2.18. The van der Waals surface area contributed by atoms with Crippen molar-refractivity contribution in [2.45, 2.75) is 33.3 Å². The van der Waals surface area contributed by atoms with Crippen molar-refractivity contribution in [1.29, 1.82) is 0 Å². The van der Waals surface area contributed by atoms with Crippen LogP contribution in [0.3, 0.4) is 0 Å². The Balaban J connectivity index is 0.00000385. The zero-order chi connectivity index (χ0) is 22.6. The lowest BCUT2D eigenvalue weighted by Crippen LogP contribution is -2.47. The van der Waals surface area contributed by atoms with Crippen LogP contribution in [0, 0.1) is 6.92 Å². The first-order valence-corrected chi connectivity index (χ1v) is 11.6. The van der Waals surface area contributed by atoms with Gasteiger partial charge in [0.15, 0.2) is 5.96 Å². The lowest BCUT2D eigenvalue weighted by atomic mass is 10.2. The number of guanidine groups is 1. The van der Waals surface area contributed by atoms with Crippen molar-refractivity contribution < 1.29 is 4.74 Å². The van der Waals surface area contributed by atoms with Crippen LogP contribution in [0.2, 0.25) is 0 Å². The molecule has 0 saturated carbocycles. The highest BCUT2D eigenvalue weighted by Crippen LogP contribution is 2.17. The summed E-state index contributed by atoms with van der Waals surface area (Å²) in [4.78, 5) is 18.2. The number of hydrogen-bond donors (Lipinski definition) is 2. The largest absolute Gasteiger partial charge is 0.489 e. The molecular formula is C24H38IN7O. The van der Waals surface area contributed by atoms with Gasteiger partial charge in [0.1, 0.15) is 11.9 Å². The van der Waals surface area contributed by atoms with Gasteiger partial charge in [0, 0.05) is 51.7 Å². The minimum absolute atomic E-state index is 0. The van der Waals surface area contributed by atoms with Crippen molar-refractivity contribution >= 4 is 35.9 Å². The normalized spacial score (nSPS) is 15.5. The SMILES string of the molecule is CCNC(=NCC(C)Oc1ccccc1C)NCCCN1CCN(c2ncccn2)CC1.I. The number of hydrogen-bond acceptors (Lipinski definition) is 6. The summed E-state index contributed by atoms with van der Waals surface area (Å²) in [5.74, 6) is 2.60. The maximum atomic E-state index is 6.04. The number of nitrogens with zero attached hydrogens (tertiary/aromatic N) is 5. The molecule has 1 aromatic heterocycles. The fourth-order valence-electron chi connectivity index (χ4n) is 3.64. The number of ether oxygens (including phenoxy) is 1. The Bertz CT molecular complexity index is 829. The van der Waals surface area contributed by atoms with E-state index in [1.165, 1.54) is 0 Å². The van der Waals surface area contributed by atoms with Gasteiger partial charge < -0.3 is 20.3 Å². The molecule has 33 heavy (non-hydrogen) atoms. The van der Waals surface area contributed by atoms with E-state index in [1.54, 1.807) is 12.4 Å². The molecule has 1 saturated heterocycles. The van der Waals surface area contributed by atoms with Crippen molar-refractivity contribution in [2.24, 2.45) is 4.99 Å². The second-order valence-corrected chi connectivity index (χ2v) is 8.07. The quantitative estimate of drug-likeness (QED) is 0.198. The van der Waals surface area contributed by atoms with Crippen LogP contribution >= 0.6 is 24.0 Å². The van der Waals surface area contributed by atoms with Crippen LogP contribution in [0.25, 0.3) is 0 Å². The van der Waals surface area contributed by atoms with E-state index in [9.17, 15) is 0 Å². The maximum Gasteiger partial charge on any atom is 0.225 e. The average molecular weight is 568 g/mol. The van der Waals surface area contributed by atoms with Crippen LogP contribution < -0.4 is 20.3 Å². The van der Waals surface area contributed by atoms with Crippen LogP contribution in [0.4, 0.5) is 5.95 Å². The summed E-state index contributed by atoms with van der Waals surface area (Å²) < 4.78 is 6.04. The van der Waals surface area contributed by atoms with Crippen molar-refractivity contribution in [3.05, 3.63) is 48.3 Å². The van der Waals surface area contributed by atoms with Gasteiger partial charge in [-0.15, -0.1) is 24.0 Å². The Labute approximate surface area is 215 Å². The topological polar surface area (TPSA) is 77.9 Å². The molecule has 9 heteroatoms. The standard InChI is InChI=1S/C24H37N7O.HI/c1-4-25-23(29-19-21(3)32-22-10-6-5-9-20(22)2)26-13-8-14-30-15-17-31(18-16-30)24-27-11-7-12-28-24;/h5-7,9-12,21H,4,8,13-19H2,1-3H3,(H2,25,26,29);1H. The highest BCUT2D eigenvalue weighted by molar-refractivity contribution is 14.0. The predicted molar refractivity (Wildman–Crippen MR) is 146 cm³/mol. The number of aliphatic imine (C=N–C) groups is 1. The molecule has 0 aliphatic carbocycles. The number of rotatable bonds is 10. The van der Waals surface area contributed by atoms with E-state index in [2.05, 4.69) is 57.2 Å². The third-order valence-corrected chi connectivity index (χ3v) is 5.42. The molecule has 0 bridgehead atoms. The molecule has 1 unspecified atom stereocenters. The number of piperazine rings is 1. The van der Waals surface area contributed by atoms with E-state index < -0.39 is 0 Å². The summed E-state index contributed by atoms with van der Waals surface area (Å²) >= 11 is 0. The van der Waals surface area contributed by atoms with Gasteiger partial charge in [0.25, 0.3) is 0 Å². The zero-order valence-corrected chi connectivity index (χ0v) is 22.4. The van der Waals surface area contributed by atoms with Gasteiger partial charge in [-0.1, -0.05) is 18.2 Å². The number of halogens is 1. The number of nitrogens with one attached hydrogen (secondary N) is 2. The van der Waals surface area contributed by atoms with Gasteiger partial charge in [-0.05, 0) is 51.4 Å². The minimum atomic E-state index is 0. The Morgan fingerprint density at radius 3 is 2.52 bits per heavy atom. The van der Waals surface area contributed by atoms with Gasteiger partial charge in [0.2, 0.25) is 5.95 Å². The van der Waals surface area contributed by atoms with Crippen LogP contribution in [-0.2, 0) is 0 Å². The van der Waals surface area contributed by atoms with Gasteiger partial charge in [-0.2, -0.15) is 0 Å². The molecule has 2 heterocycles. The summed E-state index contributed by atoms with van der Waals surface area (Å²) in [5.41, 5.74) is 1.14. The second-order valence-electron chi connectivity index (χ2n) is 8.07. The third-order valence-electron chi connectivity index (χ3n) is 5.42. The van der Waals surface area contributed by atoms with Crippen molar-refractivity contribution in [2.75, 3.05) is 57.3 Å². The van der Waals surface area contributed by atoms with Gasteiger partial charge in [-0.3, -0.25) is 4.90 Å². The first-order chi connectivity index (χ1) is 15.7. The molecular weight excluding hydrogens is 529 g/mol. The van der Waals surface area contributed by atoms with Crippen LogP contribution in [0.15, 0.2) is 47.7 Å². The molecule has 3 rings (SSSR count). The zero-order valence-electron chi connectivity index (χ0n) is 20.0. The van der Waals surface area contributed by atoms with E-state index in [0.717, 1.165) is 75.5 Å². The molecule has 2 N–H and O–H groups in total. The number of aromatic nitrogens is 2. The van der Waals surface area contributed by atoms with Crippen LogP contribution in [-0.4, -0.2) is 79.3 Å². The maximum absolute atomic E-state index is 6.04. The first-order valence-electron chi connectivity index (χ1n) is 11.6. The summed E-state index contributed by atoms with van der Waals surface area (Å²) in [6.45, 7) is 13.6. The lowest BCUT2D eigenvalue weighted by Gasteiger charge is -2.34. The third kappa shape index (κ3) is 9.32. The van der Waals surface area contributed by atoms with Crippen molar-refractivity contribution in [3.63, 3.8) is 0 Å². The van der Waals surface area contributed by atoms with Crippen LogP contribution in [0.1, 0.15) is 25.8 Å². The van der Waals surface area contributed by atoms with E-state index in [0.29, 0.717) is 6.54 Å². The second kappa shape index (κ2) is 14.9. The number of aryl methyl sites for hydroxylation is 1. The van der Waals surface area contributed by atoms with Crippen molar-refractivity contribution in [3.8, 4) is 5.75 Å². The Morgan fingerprint density at radius 1 is 1.09 bits per heavy atom. The molecule has 0 spiro atoms. The first kappa shape index (κ1) is 27.1. The van der Waals surface area contributed by atoms with Crippen molar-refractivity contribution in [1.82, 2.24) is 25.5 Å². The Morgan fingerprint density at radius 2 is 1.82 bits per heavy atom. The van der Waals surface area contributed by atoms with Crippen LogP contribution in [0.5, 0.6) is 5.75 Å². The number of anilines is 1. The molecule has 1 aliphatic rings. The average Bonchev–Trinajstić information content (AvgIpc) is 2.82. The van der Waals surface area contributed by atoms with Gasteiger partial charge in [-0.25, -0.2) is 15.0 Å². The lowest BCUT2D eigenvalue weighted by molar-refractivity contribution is 0.228. The number of benzene rings is 1. The molecule has 1 fully saturated rings. The smallest absolute Gasteiger partial charge is 0.225 e. The van der Waals surface area contributed by atoms with E-state index in [-0.39, 0.29) is 30.1 Å². The molecule has 1 atom stereocenters. The molecule has 0 radical (unpaired) electrons. The predicted octanol–water partition coefficient (Wildman–Crippen LogP) is 2.94. The molecule has 1 aliphatic heterocycles. The molecule has 2 aromatic rings. The summed E-state index contributed by atoms with van der Waals surface area (Å²) in [5, 5.41) is 6.78. The fourth-order valence-corrected chi connectivity index (χ4v) is 3.64. The highest BCUT2D eigenvalue weighted by atomic mass is 127. The Hall–Kier alpha value is -2.14. The van der Waals surface area contributed by atoms with E-state index in [4.69, 9.17) is 9.73 Å². The fraction of sp³-hybridized carbons (Fsp3) is 0.542. The Kier molecular flexibility index (Phi) is 12.2. The molecule has 182 valence electrons. The molecule has 0 amide bonds. The number of para-hydroxylation sites is 1. The van der Waals surface area contributed by atoms with E-state index in [1.807, 2.05) is 24.3 Å². The summed E-state index contributed by atoms with van der Waals surface area (Å²) in [7, 11) is 0. The molecule has 8 nitrogen and oxygen atoms in total. The van der Waals surface area contributed by atoms with Gasteiger partial charge in [0.05, 0.1) is 6.54 Å². The minimum Gasteiger partial charge on any atom is -0.489 e. The monoisotopic (exact) mass is 567 g/mol. The molecule has 1 aromatic carbocycles.